The molecule has 5 nitrogen and oxygen atoms in total. The second-order valence-electron chi connectivity index (χ2n) is 5.11. The monoisotopic (exact) mass is 313 g/mol. The van der Waals surface area contributed by atoms with Crippen molar-refractivity contribution in [2.45, 2.75) is 18.9 Å². The highest BCUT2D eigenvalue weighted by molar-refractivity contribution is 6.30. The first kappa shape index (κ1) is 14.4. The van der Waals surface area contributed by atoms with Gasteiger partial charge in [-0.25, -0.2) is 4.98 Å². The van der Waals surface area contributed by atoms with Crippen LogP contribution in [0.3, 0.4) is 0 Å². The number of pyridine rings is 1. The summed E-state index contributed by atoms with van der Waals surface area (Å²) < 4.78 is 0. The molecular formula is C16H12ClN3O2. The Morgan fingerprint density at radius 3 is 3.00 bits per heavy atom. The topological polar surface area (TPSA) is 86.0 Å². The van der Waals surface area contributed by atoms with Crippen molar-refractivity contribution in [2.24, 2.45) is 0 Å². The van der Waals surface area contributed by atoms with Gasteiger partial charge in [-0.2, -0.15) is 5.26 Å². The average molecular weight is 314 g/mol. The van der Waals surface area contributed by atoms with Gasteiger partial charge in [0, 0.05) is 12.3 Å². The first-order valence-electron chi connectivity index (χ1n) is 6.77. The maximum Gasteiger partial charge on any atom is 0.274 e. The molecule has 1 aromatic carbocycles. The largest absolute Gasteiger partial charge is 0.505 e. The van der Waals surface area contributed by atoms with Crippen LogP contribution in [0.4, 0.5) is 0 Å². The number of carbonyl (C=O) groups is 1. The van der Waals surface area contributed by atoms with Gasteiger partial charge in [-0.15, -0.1) is 0 Å². The molecule has 1 aromatic heterocycles. The summed E-state index contributed by atoms with van der Waals surface area (Å²) in [6.45, 7) is 0. The molecule has 0 saturated heterocycles. The van der Waals surface area contributed by atoms with Gasteiger partial charge in [0.15, 0.2) is 5.69 Å². The van der Waals surface area contributed by atoms with Crippen LogP contribution in [0.2, 0.25) is 5.02 Å². The molecule has 0 fully saturated rings. The zero-order valence-corrected chi connectivity index (χ0v) is 12.3. The number of nitrogens with one attached hydrogen (secondary N) is 1. The predicted octanol–water partition coefficient (Wildman–Crippen LogP) is 2.73. The SMILES string of the molecule is N#Cc1ccc2c(c1)CCC2NC(=O)c1ncc(Cl)cc1O. The lowest BCUT2D eigenvalue weighted by atomic mass is 10.1. The Morgan fingerprint density at radius 2 is 2.27 bits per heavy atom. The Labute approximate surface area is 132 Å². The second-order valence-corrected chi connectivity index (χ2v) is 5.55. The first-order chi connectivity index (χ1) is 10.6. The van der Waals surface area contributed by atoms with Crippen LogP contribution in [0.15, 0.2) is 30.5 Å². The Balaban J connectivity index is 1.81. The minimum absolute atomic E-state index is 0.0495. The number of hydrogen-bond acceptors (Lipinski definition) is 4. The van der Waals surface area contributed by atoms with E-state index in [4.69, 9.17) is 16.9 Å². The van der Waals surface area contributed by atoms with E-state index in [0.717, 1.165) is 24.0 Å². The van der Waals surface area contributed by atoms with Crippen LogP contribution in [-0.2, 0) is 6.42 Å². The summed E-state index contributed by atoms with van der Waals surface area (Å²) in [6.07, 6.45) is 2.87. The fraction of sp³-hybridized carbons (Fsp3) is 0.188. The van der Waals surface area contributed by atoms with Gasteiger partial charge in [-0.1, -0.05) is 17.7 Å². The van der Waals surface area contributed by atoms with Crippen molar-refractivity contribution in [3.8, 4) is 11.8 Å². The van der Waals surface area contributed by atoms with Gasteiger partial charge in [0.25, 0.3) is 5.91 Å². The number of nitrogens with zero attached hydrogens (tertiary/aromatic N) is 2. The van der Waals surface area contributed by atoms with E-state index in [1.165, 1.54) is 12.3 Å². The number of amides is 1. The van der Waals surface area contributed by atoms with Crippen LogP contribution in [0.25, 0.3) is 0 Å². The standard InChI is InChI=1S/C16H12ClN3O2/c17-11-6-14(21)15(19-8-11)16(22)20-13-4-2-10-5-9(7-18)1-3-12(10)13/h1,3,5-6,8,13,21H,2,4H2,(H,20,22). The van der Waals surface area contributed by atoms with Crippen molar-refractivity contribution in [1.82, 2.24) is 10.3 Å². The number of benzene rings is 1. The quantitative estimate of drug-likeness (QED) is 0.892. The van der Waals surface area contributed by atoms with Crippen molar-refractivity contribution in [2.75, 3.05) is 0 Å². The zero-order valence-electron chi connectivity index (χ0n) is 11.5. The summed E-state index contributed by atoms with van der Waals surface area (Å²) >= 11 is 5.71. The van der Waals surface area contributed by atoms with Gasteiger partial charge in [0.2, 0.25) is 0 Å². The summed E-state index contributed by atoms with van der Waals surface area (Å²) in [6, 6.07) is 8.69. The van der Waals surface area contributed by atoms with Gasteiger partial charge in [-0.05, 0) is 36.1 Å². The van der Waals surface area contributed by atoms with Crippen LogP contribution in [0.5, 0.6) is 5.75 Å². The molecule has 1 heterocycles. The van der Waals surface area contributed by atoms with E-state index in [0.29, 0.717) is 5.56 Å². The molecule has 1 unspecified atom stereocenters. The van der Waals surface area contributed by atoms with Crippen molar-refractivity contribution >= 4 is 17.5 Å². The number of hydrogen-bond donors (Lipinski definition) is 2. The average Bonchev–Trinajstić information content (AvgIpc) is 2.89. The fourth-order valence-electron chi connectivity index (χ4n) is 2.67. The van der Waals surface area contributed by atoms with Crippen molar-refractivity contribution in [3.05, 3.63) is 57.9 Å². The highest BCUT2D eigenvalue weighted by Crippen LogP contribution is 2.32. The molecule has 22 heavy (non-hydrogen) atoms. The molecule has 0 saturated carbocycles. The minimum Gasteiger partial charge on any atom is -0.505 e. The number of aromatic nitrogens is 1. The third-order valence-electron chi connectivity index (χ3n) is 3.70. The lowest BCUT2D eigenvalue weighted by molar-refractivity contribution is 0.0928. The Kier molecular flexibility index (Phi) is 3.70. The molecule has 0 bridgehead atoms. The highest BCUT2D eigenvalue weighted by atomic mass is 35.5. The molecule has 110 valence electrons. The summed E-state index contributed by atoms with van der Waals surface area (Å²) in [7, 11) is 0. The van der Waals surface area contributed by atoms with E-state index in [2.05, 4.69) is 16.4 Å². The normalized spacial score (nSPS) is 15.9. The maximum absolute atomic E-state index is 12.2. The molecule has 1 atom stereocenters. The summed E-state index contributed by atoms with van der Waals surface area (Å²) in [5.74, 6) is -0.695. The number of rotatable bonds is 2. The lowest BCUT2D eigenvalue weighted by Crippen LogP contribution is -2.28. The molecule has 1 aliphatic rings. The number of nitriles is 1. The molecule has 1 aliphatic carbocycles. The molecular weight excluding hydrogens is 302 g/mol. The van der Waals surface area contributed by atoms with E-state index in [-0.39, 0.29) is 22.5 Å². The van der Waals surface area contributed by atoms with E-state index in [1.807, 2.05) is 12.1 Å². The van der Waals surface area contributed by atoms with E-state index in [1.54, 1.807) is 6.07 Å². The van der Waals surface area contributed by atoms with Gasteiger partial charge in [-0.3, -0.25) is 4.79 Å². The van der Waals surface area contributed by atoms with E-state index >= 15 is 0 Å². The molecule has 0 aliphatic heterocycles. The fourth-order valence-corrected chi connectivity index (χ4v) is 2.82. The number of aryl methyl sites for hydroxylation is 1. The van der Waals surface area contributed by atoms with Crippen LogP contribution in [0, 0.1) is 11.3 Å². The molecule has 2 N–H and O–H groups in total. The Morgan fingerprint density at radius 1 is 1.45 bits per heavy atom. The van der Waals surface area contributed by atoms with Crippen LogP contribution in [-0.4, -0.2) is 16.0 Å². The Bertz CT molecular complexity index is 798. The summed E-state index contributed by atoms with van der Waals surface area (Å²) in [5, 5.41) is 21.8. The third kappa shape index (κ3) is 2.61. The van der Waals surface area contributed by atoms with Gasteiger partial charge in [0.1, 0.15) is 5.75 Å². The molecule has 1 amide bonds. The highest BCUT2D eigenvalue weighted by Gasteiger charge is 2.25. The van der Waals surface area contributed by atoms with Crippen molar-refractivity contribution < 1.29 is 9.90 Å². The van der Waals surface area contributed by atoms with Gasteiger partial charge < -0.3 is 10.4 Å². The van der Waals surface area contributed by atoms with Crippen LogP contribution in [0.1, 0.15) is 39.6 Å². The molecule has 0 radical (unpaired) electrons. The number of fused-ring (bicyclic) bond motifs is 1. The molecule has 0 spiro atoms. The Hall–Kier alpha value is -2.58. The molecule has 2 aromatic rings. The van der Waals surface area contributed by atoms with E-state index < -0.39 is 5.91 Å². The maximum atomic E-state index is 12.2. The van der Waals surface area contributed by atoms with Crippen molar-refractivity contribution in [1.29, 1.82) is 5.26 Å². The number of aromatic hydroxyl groups is 1. The summed E-state index contributed by atoms with van der Waals surface area (Å²) in [5.41, 5.74) is 2.63. The zero-order chi connectivity index (χ0) is 15.7. The summed E-state index contributed by atoms with van der Waals surface area (Å²) in [4.78, 5) is 16.1. The molecule has 3 rings (SSSR count). The number of carbonyl (C=O) groups excluding carboxylic acids is 1. The molecule has 6 heteroatoms. The van der Waals surface area contributed by atoms with Crippen LogP contribution < -0.4 is 5.32 Å². The number of halogens is 1. The predicted molar refractivity (Wildman–Crippen MR) is 80.6 cm³/mol. The van der Waals surface area contributed by atoms with Crippen LogP contribution >= 0.6 is 11.6 Å². The third-order valence-corrected chi connectivity index (χ3v) is 3.91. The van der Waals surface area contributed by atoms with Crippen molar-refractivity contribution in [3.63, 3.8) is 0 Å². The van der Waals surface area contributed by atoms with E-state index in [9.17, 15) is 9.90 Å². The minimum atomic E-state index is -0.448. The van der Waals surface area contributed by atoms with Gasteiger partial charge in [0.05, 0.1) is 22.7 Å². The lowest BCUT2D eigenvalue weighted by Gasteiger charge is -2.14. The van der Waals surface area contributed by atoms with Gasteiger partial charge >= 0.3 is 0 Å². The smallest absolute Gasteiger partial charge is 0.274 e. The second kappa shape index (κ2) is 5.66. The first-order valence-corrected chi connectivity index (χ1v) is 7.14.